The maximum absolute atomic E-state index is 11.8. The number of amides is 1. The first kappa shape index (κ1) is 11.8. The van der Waals surface area contributed by atoms with E-state index in [-0.39, 0.29) is 6.29 Å². The highest BCUT2D eigenvalue weighted by Gasteiger charge is 2.31. The van der Waals surface area contributed by atoms with Gasteiger partial charge in [0.05, 0.1) is 0 Å². The molecule has 2 atom stereocenters. The second-order valence-corrected chi connectivity index (χ2v) is 4.03. The molecule has 1 heterocycles. The molecule has 2 unspecified atom stereocenters. The summed E-state index contributed by atoms with van der Waals surface area (Å²) in [5.41, 5.74) is 2.04. The predicted octanol–water partition coefficient (Wildman–Crippen LogP) is -0.551. The summed E-state index contributed by atoms with van der Waals surface area (Å²) in [6.07, 6.45) is -3.18. The molecule has 1 aliphatic heterocycles. The van der Waals surface area contributed by atoms with E-state index in [1.54, 1.807) is 0 Å². The lowest BCUT2D eigenvalue weighted by atomic mass is 10.1. The number of aliphatic hydroxyl groups excluding tert-OH is 2. The Hall–Kier alpha value is -1.72. The lowest BCUT2D eigenvalue weighted by Gasteiger charge is -2.20. The van der Waals surface area contributed by atoms with Crippen LogP contribution >= 0.6 is 0 Å². The van der Waals surface area contributed by atoms with Crippen LogP contribution in [0.3, 0.4) is 0 Å². The Bertz CT molecular complexity index is 421. The van der Waals surface area contributed by atoms with Gasteiger partial charge in [-0.05, 0) is 11.1 Å². The van der Waals surface area contributed by atoms with Crippen molar-refractivity contribution in [1.82, 2.24) is 4.90 Å². The fraction of sp³-hybridized carbons (Fsp3) is 0.333. The predicted molar refractivity (Wildman–Crippen MR) is 58.8 cm³/mol. The summed E-state index contributed by atoms with van der Waals surface area (Å²) in [5.74, 6) is -0.624. The third kappa shape index (κ3) is 2.20. The van der Waals surface area contributed by atoms with Crippen molar-refractivity contribution in [2.45, 2.75) is 25.3 Å². The molecule has 1 amide bonds. The van der Waals surface area contributed by atoms with Crippen LogP contribution in [-0.4, -0.2) is 39.5 Å². The second kappa shape index (κ2) is 4.65. The van der Waals surface area contributed by atoms with E-state index in [0.29, 0.717) is 13.1 Å². The van der Waals surface area contributed by atoms with Gasteiger partial charge in [0.1, 0.15) is 6.10 Å². The number of fused-ring (bicyclic) bond motifs is 1. The number of rotatable bonds is 3. The Kier molecular flexibility index (Phi) is 3.21. The molecule has 0 fully saturated rings. The lowest BCUT2D eigenvalue weighted by molar-refractivity contribution is -0.149. The van der Waals surface area contributed by atoms with Gasteiger partial charge < -0.3 is 19.9 Å². The molecular weight excluding hydrogens is 222 g/mol. The van der Waals surface area contributed by atoms with Gasteiger partial charge in [-0.3, -0.25) is 4.79 Å². The van der Waals surface area contributed by atoms with E-state index >= 15 is 0 Å². The van der Waals surface area contributed by atoms with Gasteiger partial charge in [-0.15, -0.1) is 0 Å². The monoisotopic (exact) mass is 235 g/mol. The largest absolute Gasteiger partial charge is 0.382 e. The van der Waals surface area contributed by atoms with Crippen LogP contribution in [0.1, 0.15) is 11.1 Å². The zero-order valence-corrected chi connectivity index (χ0v) is 9.11. The first-order chi connectivity index (χ1) is 8.13. The molecule has 2 rings (SSSR count). The Morgan fingerprint density at radius 3 is 2.24 bits per heavy atom. The number of nitrogens with zero attached hydrogens (tertiary/aromatic N) is 1. The van der Waals surface area contributed by atoms with Crippen LogP contribution in [0.5, 0.6) is 0 Å². The van der Waals surface area contributed by atoms with Gasteiger partial charge in [-0.25, -0.2) is 0 Å². The molecule has 90 valence electrons. The van der Waals surface area contributed by atoms with Crippen molar-refractivity contribution in [1.29, 1.82) is 0 Å². The van der Waals surface area contributed by atoms with E-state index in [0.717, 1.165) is 11.1 Å². The minimum atomic E-state index is -1.68. The first-order valence-electron chi connectivity index (χ1n) is 5.30. The summed E-state index contributed by atoms with van der Waals surface area (Å²) in [4.78, 5) is 23.5. The number of aldehydes is 1. The highest BCUT2D eigenvalue weighted by Crippen LogP contribution is 2.22. The molecule has 5 nitrogen and oxygen atoms in total. The highest BCUT2D eigenvalue weighted by molar-refractivity contribution is 5.85. The van der Waals surface area contributed by atoms with Crippen LogP contribution in [0.15, 0.2) is 24.3 Å². The Balaban J connectivity index is 2.08. The summed E-state index contributed by atoms with van der Waals surface area (Å²) in [5, 5.41) is 18.6. The fourth-order valence-electron chi connectivity index (χ4n) is 1.90. The zero-order chi connectivity index (χ0) is 12.4. The Morgan fingerprint density at radius 2 is 1.76 bits per heavy atom. The normalized spacial score (nSPS) is 17.4. The number of aliphatic hydroxyl groups is 2. The number of carbonyl (C=O) groups is 2. The minimum absolute atomic E-state index is 0.159. The van der Waals surface area contributed by atoms with E-state index < -0.39 is 18.1 Å². The molecule has 0 saturated heterocycles. The topological polar surface area (TPSA) is 77.8 Å². The summed E-state index contributed by atoms with van der Waals surface area (Å²) in [7, 11) is 0. The molecular formula is C12H13NO4. The van der Waals surface area contributed by atoms with Gasteiger partial charge in [0.15, 0.2) is 12.4 Å². The van der Waals surface area contributed by atoms with Gasteiger partial charge in [0, 0.05) is 13.1 Å². The maximum atomic E-state index is 11.8. The van der Waals surface area contributed by atoms with Crippen molar-refractivity contribution in [3.63, 3.8) is 0 Å². The summed E-state index contributed by atoms with van der Waals surface area (Å²) in [6, 6.07) is 7.57. The molecule has 0 spiro atoms. The minimum Gasteiger partial charge on any atom is -0.382 e. The van der Waals surface area contributed by atoms with Crippen molar-refractivity contribution in [2.24, 2.45) is 0 Å². The van der Waals surface area contributed by atoms with Crippen LogP contribution in [-0.2, 0) is 22.7 Å². The smallest absolute Gasteiger partial charge is 0.255 e. The van der Waals surface area contributed by atoms with Crippen LogP contribution in [0.2, 0.25) is 0 Å². The molecule has 0 aromatic heterocycles. The molecule has 1 aromatic carbocycles. The van der Waals surface area contributed by atoms with Gasteiger partial charge >= 0.3 is 0 Å². The van der Waals surface area contributed by atoms with Crippen LogP contribution < -0.4 is 0 Å². The number of carbonyl (C=O) groups excluding carboxylic acids is 2. The van der Waals surface area contributed by atoms with Gasteiger partial charge in [-0.1, -0.05) is 24.3 Å². The molecule has 0 saturated carbocycles. The summed E-state index contributed by atoms with van der Waals surface area (Å²) in [6.45, 7) is 0.801. The molecule has 1 aromatic rings. The number of benzene rings is 1. The van der Waals surface area contributed by atoms with Crippen LogP contribution in [0, 0.1) is 0 Å². The summed E-state index contributed by atoms with van der Waals surface area (Å²) >= 11 is 0. The molecule has 0 radical (unpaired) electrons. The average Bonchev–Trinajstić information content (AvgIpc) is 2.79. The lowest BCUT2D eigenvalue weighted by Crippen LogP contribution is -2.43. The number of hydrogen-bond acceptors (Lipinski definition) is 4. The van der Waals surface area contributed by atoms with Gasteiger partial charge in [0.2, 0.25) is 0 Å². The van der Waals surface area contributed by atoms with E-state index in [2.05, 4.69) is 0 Å². The SMILES string of the molecule is O=CC(O)C(O)C(=O)N1Cc2ccccc2C1. The van der Waals surface area contributed by atoms with Crippen molar-refractivity contribution >= 4 is 12.2 Å². The summed E-state index contributed by atoms with van der Waals surface area (Å²) < 4.78 is 0. The van der Waals surface area contributed by atoms with Crippen molar-refractivity contribution < 1.29 is 19.8 Å². The Labute approximate surface area is 98.3 Å². The Morgan fingerprint density at radius 1 is 1.24 bits per heavy atom. The third-order valence-corrected chi connectivity index (χ3v) is 2.87. The molecule has 2 N–H and O–H groups in total. The fourth-order valence-corrected chi connectivity index (χ4v) is 1.90. The van der Waals surface area contributed by atoms with E-state index in [1.165, 1.54) is 4.90 Å². The molecule has 0 bridgehead atoms. The maximum Gasteiger partial charge on any atom is 0.255 e. The van der Waals surface area contributed by atoms with E-state index in [1.807, 2.05) is 24.3 Å². The van der Waals surface area contributed by atoms with Gasteiger partial charge in [0.25, 0.3) is 5.91 Å². The standard InChI is InChI=1S/C12H13NO4/c14-7-10(15)11(16)12(17)13-5-8-3-1-2-4-9(8)6-13/h1-4,7,10-11,15-16H,5-6H2. The first-order valence-corrected chi connectivity index (χ1v) is 5.30. The molecule has 1 aliphatic rings. The van der Waals surface area contributed by atoms with Crippen LogP contribution in [0.25, 0.3) is 0 Å². The second-order valence-electron chi connectivity index (χ2n) is 4.03. The van der Waals surface area contributed by atoms with Crippen LogP contribution in [0.4, 0.5) is 0 Å². The third-order valence-electron chi connectivity index (χ3n) is 2.87. The van der Waals surface area contributed by atoms with E-state index in [9.17, 15) is 14.7 Å². The quantitative estimate of drug-likeness (QED) is 0.689. The zero-order valence-electron chi connectivity index (χ0n) is 9.11. The van der Waals surface area contributed by atoms with Crippen molar-refractivity contribution in [2.75, 3.05) is 0 Å². The molecule has 0 aliphatic carbocycles. The molecule has 17 heavy (non-hydrogen) atoms. The van der Waals surface area contributed by atoms with E-state index in [4.69, 9.17) is 5.11 Å². The van der Waals surface area contributed by atoms with Crippen molar-refractivity contribution in [3.8, 4) is 0 Å². The molecule has 5 heteroatoms. The number of hydrogen-bond donors (Lipinski definition) is 2. The van der Waals surface area contributed by atoms with Crippen molar-refractivity contribution in [3.05, 3.63) is 35.4 Å². The highest BCUT2D eigenvalue weighted by atomic mass is 16.3. The van der Waals surface area contributed by atoms with Gasteiger partial charge in [-0.2, -0.15) is 0 Å². The average molecular weight is 235 g/mol.